The van der Waals surface area contributed by atoms with Crippen molar-refractivity contribution in [1.82, 2.24) is 20.1 Å². The van der Waals surface area contributed by atoms with Gasteiger partial charge in [0, 0.05) is 37.9 Å². The van der Waals surface area contributed by atoms with Crippen LogP contribution in [0.15, 0.2) is 18.3 Å². The largest absolute Gasteiger partial charge is 0.494 e. The first-order valence-corrected chi connectivity index (χ1v) is 10.5. The molecular weight excluding hydrogens is 356 g/mol. The second kappa shape index (κ2) is 8.47. The van der Waals surface area contributed by atoms with E-state index >= 15 is 0 Å². The van der Waals surface area contributed by atoms with Gasteiger partial charge in [0.25, 0.3) is 5.91 Å². The van der Waals surface area contributed by atoms with E-state index in [1.807, 2.05) is 4.90 Å². The molecule has 3 fully saturated rings. The van der Waals surface area contributed by atoms with Gasteiger partial charge in [-0.1, -0.05) is 0 Å². The van der Waals surface area contributed by atoms with E-state index in [1.165, 1.54) is 0 Å². The molecule has 1 aromatic heterocycles. The summed E-state index contributed by atoms with van der Waals surface area (Å²) in [6, 6.07) is 4.42. The Balaban J connectivity index is 1.31. The van der Waals surface area contributed by atoms with E-state index in [0.717, 1.165) is 64.7 Å². The van der Waals surface area contributed by atoms with E-state index in [2.05, 4.69) is 15.2 Å². The third-order valence-corrected chi connectivity index (χ3v) is 6.21. The molecule has 152 valence electrons. The molecule has 3 heterocycles. The van der Waals surface area contributed by atoms with Crippen molar-refractivity contribution in [3.63, 3.8) is 0 Å². The molecule has 1 saturated carbocycles. The molecule has 1 N–H and O–H groups in total. The number of hydrogen-bond donors (Lipinski definition) is 1. The number of methoxy groups -OCH3 is 1. The van der Waals surface area contributed by atoms with Crippen LogP contribution in [0.25, 0.3) is 0 Å². The number of piperidine rings is 2. The Hall–Kier alpha value is -2.15. The van der Waals surface area contributed by atoms with Crippen molar-refractivity contribution >= 4 is 11.8 Å². The lowest BCUT2D eigenvalue weighted by Gasteiger charge is -2.42. The van der Waals surface area contributed by atoms with Gasteiger partial charge in [0.05, 0.1) is 13.0 Å². The van der Waals surface area contributed by atoms with Crippen molar-refractivity contribution in [2.75, 3.05) is 33.3 Å². The Labute approximate surface area is 166 Å². The Bertz CT molecular complexity index is 713. The van der Waals surface area contributed by atoms with Crippen LogP contribution in [0.3, 0.4) is 0 Å². The van der Waals surface area contributed by atoms with Crippen LogP contribution in [0.5, 0.6) is 5.75 Å². The van der Waals surface area contributed by atoms with E-state index in [0.29, 0.717) is 23.5 Å². The van der Waals surface area contributed by atoms with Crippen molar-refractivity contribution in [1.29, 1.82) is 0 Å². The van der Waals surface area contributed by atoms with Gasteiger partial charge in [-0.2, -0.15) is 0 Å². The minimum absolute atomic E-state index is 0.0590. The number of nitrogens with one attached hydrogen (secondary N) is 1. The number of ether oxygens (including phenoxy) is 1. The zero-order valence-electron chi connectivity index (χ0n) is 16.6. The normalized spacial score (nSPS) is 24.0. The lowest BCUT2D eigenvalue weighted by molar-refractivity contribution is -0.127. The Morgan fingerprint density at radius 1 is 1.14 bits per heavy atom. The maximum atomic E-state index is 12.8. The number of likely N-dealkylation sites (tertiary alicyclic amines) is 2. The van der Waals surface area contributed by atoms with Gasteiger partial charge < -0.3 is 15.0 Å². The number of hydrogen-bond acceptors (Lipinski definition) is 5. The van der Waals surface area contributed by atoms with Crippen LogP contribution in [-0.4, -0.2) is 72.0 Å². The van der Waals surface area contributed by atoms with E-state index in [-0.39, 0.29) is 17.7 Å². The van der Waals surface area contributed by atoms with Crippen molar-refractivity contribution in [3.8, 4) is 5.75 Å². The molecule has 28 heavy (non-hydrogen) atoms. The average molecular weight is 386 g/mol. The first-order chi connectivity index (χ1) is 13.7. The smallest absolute Gasteiger partial charge is 0.276 e. The molecule has 1 aromatic rings. The molecule has 1 atom stereocenters. The molecule has 0 radical (unpaired) electrons. The molecule has 3 aliphatic rings. The molecule has 0 aromatic carbocycles. The van der Waals surface area contributed by atoms with Crippen LogP contribution in [-0.2, 0) is 4.79 Å². The standard InChI is InChI=1S/C21H30N4O3/c1-28-18-5-2-10-22-19(18)21(27)24-12-8-17(9-13-24)25-11-3-4-15(14-25)20(26)23-16-6-7-16/h2,5,10,15-17H,3-4,6-9,11-14H2,1H3,(H,23,26)/t15-/m1/s1. The molecule has 2 aliphatic heterocycles. The van der Waals surface area contributed by atoms with E-state index in [9.17, 15) is 9.59 Å². The summed E-state index contributed by atoms with van der Waals surface area (Å²) in [5.74, 6) is 0.820. The number of carbonyl (C=O) groups excluding carboxylic acids is 2. The number of rotatable bonds is 5. The third-order valence-electron chi connectivity index (χ3n) is 6.21. The van der Waals surface area contributed by atoms with Crippen molar-refractivity contribution in [2.45, 2.75) is 50.6 Å². The highest BCUT2D eigenvalue weighted by atomic mass is 16.5. The number of carbonyl (C=O) groups is 2. The number of pyridine rings is 1. The average Bonchev–Trinajstić information content (AvgIpc) is 3.57. The maximum Gasteiger partial charge on any atom is 0.276 e. The minimum atomic E-state index is -0.0590. The predicted molar refractivity (Wildman–Crippen MR) is 105 cm³/mol. The van der Waals surface area contributed by atoms with Crippen LogP contribution in [0.4, 0.5) is 0 Å². The second-order valence-electron chi connectivity index (χ2n) is 8.19. The van der Waals surface area contributed by atoms with E-state index in [4.69, 9.17) is 4.74 Å². The summed E-state index contributed by atoms with van der Waals surface area (Å²) in [6.07, 6.45) is 7.85. The van der Waals surface area contributed by atoms with Crippen molar-refractivity contribution in [3.05, 3.63) is 24.0 Å². The Kier molecular flexibility index (Phi) is 5.80. The second-order valence-corrected chi connectivity index (χ2v) is 8.19. The fourth-order valence-corrected chi connectivity index (χ4v) is 4.40. The first kappa shape index (κ1) is 19.2. The molecule has 2 amide bonds. The van der Waals surface area contributed by atoms with E-state index < -0.39 is 0 Å². The molecule has 0 bridgehead atoms. The topological polar surface area (TPSA) is 74.8 Å². The van der Waals surface area contributed by atoms with Crippen LogP contribution in [0.2, 0.25) is 0 Å². The lowest BCUT2D eigenvalue weighted by atomic mass is 9.93. The monoisotopic (exact) mass is 386 g/mol. The van der Waals surface area contributed by atoms with Crippen LogP contribution >= 0.6 is 0 Å². The molecule has 2 saturated heterocycles. The lowest BCUT2D eigenvalue weighted by Crippen LogP contribution is -2.51. The zero-order chi connectivity index (χ0) is 19.5. The summed E-state index contributed by atoms with van der Waals surface area (Å²) in [5, 5.41) is 3.16. The molecule has 0 unspecified atom stereocenters. The molecule has 1 aliphatic carbocycles. The maximum absolute atomic E-state index is 12.8. The highest BCUT2D eigenvalue weighted by Gasteiger charge is 2.34. The van der Waals surface area contributed by atoms with Crippen LogP contribution in [0.1, 0.15) is 49.0 Å². The van der Waals surface area contributed by atoms with Gasteiger partial charge in [-0.05, 0) is 57.2 Å². The Morgan fingerprint density at radius 2 is 1.93 bits per heavy atom. The Morgan fingerprint density at radius 3 is 2.64 bits per heavy atom. The van der Waals surface area contributed by atoms with Gasteiger partial charge >= 0.3 is 0 Å². The summed E-state index contributed by atoms with van der Waals surface area (Å²) in [7, 11) is 1.56. The minimum Gasteiger partial charge on any atom is -0.494 e. The molecule has 7 heteroatoms. The van der Waals surface area contributed by atoms with E-state index in [1.54, 1.807) is 25.4 Å². The molecular formula is C21H30N4O3. The quantitative estimate of drug-likeness (QED) is 0.834. The first-order valence-electron chi connectivity index (χ1n) is 10.5. The van der Waals surface area contributed by atoms with Gasteiger partial charge in [0.2, 0.25) is 5.91 Å². The van der Waals surface area contributed by atoms with Gasteiger partial charge in [0.1, 0.15) is 5.75 Å². The molecule has 7 nitrogen and oxygen atoms in total. The number of aromatic nitrogens is 1. The van der Waals surface area contributed by atoms with Gasteiger partial charge in [-0.15, -0.1) is 0 Å². The highest BCUT2D eigenvalue weighted by molar-refractivity contribution is 5.95. The van der Waals surface area contributed by atoms with Gasteiger partial charge in [-0.25, -0.2) is 4.98 Å². The summed E-state index contributed by atoms with van der Waals surface area (Å²) in [5.41, 5.74) is 0.387. The SMILES string of the molecule is COc1cccnc1C(=O)N1CCC(N2CCC[C@@H](C(=O)NC3CC3)C2)CC1. The van der Waals surface area contributed by atoms with Crippen molar-refractivity contribution < 1.29 is 14.3 Å². The van der Waals surface area contributed by atoms with Crippen molar-refractivity contribution in [2.24, 2.45) is 5.92 Å². The summed E-state index contributed by atoms with van der Waals surface area (Å²) < 4.78 is 5.28. The summed E-state index contributed by atoms with van der Waals surface area (Å²) in [6.45, 7) is 3.35. The fourth-order valence-electron chi connectivity index (χ4n) is 4.40. The number of nitrogens with zero attached hydrogens (tertiary/aromatic N) is 3. The molecule has 0 spiro atoms. The fraction of sp³-hybridized carbons (Fsp3) is 0.667. The third kappa shape index (κ3) is 4.29. The summed E-state index contributed by atoms with van der Waals surface area (Å²) in [4.78, 5) is 33.8. The van der Waals surface area contributed by atoms with Gasteiger partial charge in [0.15, 0.2) is 5.69 Å². The molecule has 4 rings (SSSR count). The van der Waals surface area contributed by atoms with Gasteiger partial charge in [-0.3, -0.25) is 14.5 Å². The number of amides is 2. The predicted octanol–water partition coefficient (Wildman–Crippen LogP) is 1.69. The van der Waals surface area contributed by atoms with Crippen LogP contribution in [0, 0.1) is 5.92 Å². The van der Waals surface area contributed by atoms with Crippen LogP contribution < -0.4 is 10.1 Å². The zero-order valence-corrected chi connectivity index (χ0v) is 16.6. The highest BCUT2D eigenvalue weighted by Crippen LogP contribution is 2.27. The summed E-state index contributed by atoms with van der Waals surface area (Å²) >= 11 is 0.